The Bertz CT molecular complexity index is 641. The van der Waals surface area contributed by atoms with Gasteiger partial charge in [0.15, 0.2) is 11.2 Å². The summed E-state index contributed by atoms with van der Waals surface area (Å²) >= 11 is 7.36. The molecule has 0 saturated heterocycles. The van der Waals surface area contributed by atoms with E-state index in [0.717, 1.165) is 16.2 Å². The van der Waals surface area contributed by atoms with E-state index in [1.54, 1.807) is 18.3 Å². The van der Waals surface area contributed by atoms with Crippen LogP contribution in [0.25, 0.3) is 0 Å². The number of rotatable bonds is 2. The Morgan fingerprint density at radius 3 is 3.16 bits per heavy atom. The van der Waals surface area contributed by atoms with E-state index in [-0.39, 0.29) is 5.91 Å². The number of aromatic nitrogens is 1. The summed E-state index contributed by atoms with van der Waals surface area (Å²) in [7, 11) is 0. The average Bonchev–Trinajstić information content (AvgIpc) is 2.95. The number of hydrogen-bond acceptors (Lipinski definition) is 4. The molecular weight excluding hydrogens is 284 g/mol. The van der Waals surface area contributed by atoms with Crippen LogP contribution in [-0.2, 0) is 11.2 Å². The van der Waals surface area contributed by atoms with Crippen molar-refractivity contribution in [1.82, 2.24) is 4.98 Å². The zero-order valence-electron chi connectivity index (χ0n) is 10.1. The number of hydrogen-bond donors (Lipinski definition) is 1. The third-order valence-electron chi connectivity index (χ3n) is 2.84. The first-order valence-electron chi connectivity index (χ1n) is 5.80. The Balaban J connectivity index is 1.70. The van der Waals surface area contributed by atoms with Gasteiger partial charge in [0.05, 0.1) is 0 Å². The Hall–Kier alpha value is -1.59. The smallest absolute Gasteiger partial charge is 0.267 e. The second-order valence-corrected chi connectivity index (χ2v) is 6.00. The van der Waals surface area contributed by atoms with Crippen LogP contribution in [0.5, 0.6) is 5.75 Å². The standard InChI is InChI=1S/C13H11ClN2O2S/c1-7-6-15-13(19-7)16-12(17)11-5-8-4-9(14)2-3-10(8)18-11/h2-4,6,11H,5H2,1H3,(H,15,16,17). The fourth-order valence-corrected chi connectivity index (χ4v) is 2.82. The molecule has 2 aromatic rings. The lowest BCUT2D eigenvalue weighted by Crippen LogP contribution is -2.31. The van der Waals surface area contributed by atoms with Crippen LogP contribution in [0.15, 0.2) is 24.4 Å². The quantitative estimate of drug-likeness (QED) is 0.926. The van der Waals surface area contributed by atoms with Crippen molar-refractivity contribution in [3.8, 4) is 5.75 Å². The van der Waals surface area contributed by atoms with Crippen molar-refractivity contribution in [3.63, 3.8) is 0 Å². The number of aryl methyl sites for hydroxylation is 1. The van der Waals surface area contributed by atoms with Crippen LogP contribution in [0, 0.1) is 6.92 Å². The Kier molecular flexibility index (Phi) is 3.16. The molecule has 1 unspecified atom stereocenters. The molecule has 1 aromatic heterocycles. The van der Waals surface area contributed by atoms with Gasteiger partial charge in [0.25, 0.3) is 5.91 Å². The number of fused-ring (bicyclic) bond motifs is 1. The third kappa shape index (κ3) is 2.57. The van der Waals surface area contributed by atoms with E-state index in [0.29, 0.717) is 16.6 Å². The molecule has 1 amide bonds. The maximum absolute atomic E-state index is 12.1. The SMILES string of the molecule is Cc1cnc(NC(=O)C2Cc3cc(Cl)ccc3O2)s1. The minimum absolute atomic E-state index is 0.179. The van der Waals surface area contributed by atoms with Crippen molar-refractivity contribution in [3.05, 3.63) is 39.9 Å². The van der Waals surface area contributed by atoms with Crippen molar-refractivity contribution in [2.75, 3.05) is 5.32 Å². The minimum atomic E-state index is -0.516. The second kappa shape index (κ2) is 4.83. The number of anilines is 1. The van der Waals surface area contributed by atoms with Gasteiger partial charge < -0.3 is 4.74 Å². The first-order valence-corrected chi connectivity index (χ1v) is 6.99. The summed E-state index contributed by atoms with van der Waals surface area (Å²) in [5.74, 6) is 0.543. The molecule has 0 bridgehead atoms. The molecule has 2 heterocycles. The highest BCUT2D eigenvalue weighted by Crippen LogP contribution is 2.31. The van der Waals surface area contributed by atoms with Gasteiger partial charge in [0.2, 0.25) is 0 Å². The zero-order valence-corrected chi connectivity index (χ0v) is 11.7. The number of nitrogens with one attached hydrogen (secondary N) is 1. The van der Waals surface area contributed by atoms with Crippen LogP contribution in [0.3, 0.4) is 0 Å². The monoisotopic (exact) mass is 294 g/mol. The van der Waals surface area contributed by atoms with Crippen LogP contribution in [0.1, 0.15) is 10.4 Å². The van der Waals surface area contributed by atoms with Crippen LogP contribution < -0.4 is 10.1 Å². The summed E-state index contributed by atoms with van der Waals surface area (Å²) in [4.78, 5) is 17.2. The molecule has 6 heteroatoms. The molecule has 4 nitrogen and oxygen atoms in total. The lowest BCUT2D eigenvalue weighted by atomic mass is 10.1. The fraction of sp³-hybridized carbons (Fsp3) is 0.231. The van der Waals surface area contributed by atoms with E-state index < -0.39 is 6.10 Å². The van der Waals surface area contributed by atoms with E-state index in [4.69, 9.17) is 16.3 Å². The van der Waals surface area contributed by atoms with Gasteiger partial charge in [-0.25, -0.2) is 4.98 Å². The molecule has 0 aliphatic carbocycles. The highest BCUT2D eigenvalue weighted by Gasteiger charge is 2.29. The first-order chi connectivity index (χ1) is 9.11. The van der Waals surface area contributed by atoms with Crippen LogP contribution in [0.2, 0.25) is 5.02 Å². The molecule has 1 atom stereocenters. The van der Waals surface area contributed by atoms with Gasteiger partial charge in [-0.15, -0.1) is 11.3 Å². The highest BCUT2D eigenvalue weighted by atomic mass is 35.5. The van der Waals surface area contributed by atoms with Crippen LogP contribution in [0.4, 0.5) is 5.13 Å². The Morgan fingerprint density at radius 2 is 2.42 bits per heavy atom. The fourth-order valence-electron chi connectivity index (χ4n) is 1.96. The highest BCUT2D eigenvalue weighted by molar-refractivity contribution is 7.15. The molecule has 19 heavy (non-hydrogen) atoms. The summed E-state index contributed by atoms with van der Waals surface area (Å²) in [6, 6.07) is 5.38. The summed E-state index contributed by atoms with van der Waals surface area (Å²) in [5.41, 5.74) is 0.961. The van der Waals surface area contributed by atoms with E-state index in [1.807, 2.05) is 13.0 Å². The zero-order chi connectivity index (χ0) is 13.4. The van der Waals surface area contributed by atoms with E-state index in [2.05, 4.69) is 10.3 Å². The predicted octanol–water partition coefficient (Wildman–Crippen LogP) is 3.05. The third-order valence-corrected chi connectivity index (χ3v) is 3.90. The number of nitrogens with zero attached hydrogens (tertiary/aromatic N) is 1. The van der Waals surface area contributed by atoms with Crippen LogP contribution in [-0.4, -0.2) is 17.0 Å². The van der Waals surface area contributed by atoms with Crippen LogP contribution >= 0.6 is 22.9 Å². The molecule has 1 aliphatic rings. The van der Waals surface area contributed by atoms with Crippen molar-refractivity contribution in [1.29, 1.82) is 0 Å². The van der Waals surface area contributed by atoms with E-state index in [9.17, 15) is 4.79 Å². The Labute approximate surface area is 119 Å². The number of benzene rings is 1. The van der Waals surface area contributed by atoms with Crippen molar-refractivity contribution in [2.24, 2.45) is 0 Å². The van der Waals surface area contributed by atoms with Crippen molar-refractivity contribution >= 4 is 34.0 Å². The predicted molar refractivity (Wildman–Crippen MR) is 75.1 cm³/mol. The van der Waals surface area contributed by atoms with Gasteiger partial charge in [-0.2, -0.15) is 0 Å². The molecular formula is C13H11ClN2O2S. The molecule has 1 aromatic carbocycles. The van der Waals surface area contributed by atoms with Gasteiger partial charge in [0.1, 0.15) is 5.75 Å². The molecule has 1 aliphatic heterocycles. The van der Waals surface area contributed by atoms with E-state index >= 15 is 0 Å². The lowest BCUT2D eigenvalue weighted by Gasteiger charge is -2.09. The van der Waals surface area contributed by atoms with Gasteiger partial charge in [-0.3, -0.25) is 10.1 Å². The summed E-state index contributed by atoms with van der Waals surface area (Å²) in [6.07, 6.45) is 1.74. The average molecular weight is 295 g/mol. The minimum Gasteiger partial charge on any atom is -0.480 e. The lowest BCUT2D eigenvalue weighted by molar-refractivity contribution is -0.122. The van der Waals surface area contributed by atoms with Gasteiger partial charge in [-0.05, 0) is 30.7 Å². The molecule has 3 rings (SSSR count). The number of ether oxygens (including phenoxy) is 1. The van der Waals surface area contributed by atoms with Crippen molar-refractivity contribution in [2.45, 2.75) is 19.4 Å². The molecule has 0 saturated carbocycles. The largest absolute Gasteiger partial charge is 0.480 e. The number of thiazole rings is 1. The number of carbonyl (C=O) groups excluding carboxylic acids is 1. The molecule has 0 fully saturated rings. The first kappa shape index (κ1) is 12.4. The van der Waals surface area contributed by atoms with Gasteiger partial charge in [0, 0.05) is 22.5 Å². The summed E-state index contributed by atoms with van der Waals surface area (Å²) < 4.78 is 5.61. The van der Waals surface area contributed by atoms with E-state index in [1.165, 1.54) is 11.3 Å². The van der Waals surface area contributed by atoms with Gasteiger partial charge >= 0.3 is 0 Å². The number of carbonyl (C=O) groups is 1. The second-order valence-electron chi connectivity index (χ2n) is 4.33. The number of amides is 1. The summed E-state index contributed by atoms with van der Waals surface area (Å²) in [5, 5.41) is 4.01. The normalized spacial score (nSPS) is 16.8. The number of halogens is 1. The molecule has 0 spiro atoms. The molecule has 1 N–H and O–H groups in total. The molecule has 98 valence electrons. The topological polar surface area (TPSA) is 51.2 Å². The maximum Gasteiger partial charge on any atom is 0.267 e. The maximum atomic E-state index is 12.1. The molecule has 0 radical (unpaired) electrons. The van der Waals surface area contributed by atoms with Gasteiger partial charge in [-0.1, -0.05) is 11.6 Å². The van der Waals surface area contributed by atoms with Crippen molar-refractivity contribution < 1.29 is 9.53 Å². The summed E-state index contributed by atoms with van der Waals surface area (Å²) in [6.45, 7) is 1.94. The Morgan fingerprint density at radius 1 is 1.58 bits per heavy atom.